The van der Waals surface area contributed by atoms with Gasteiger partial charge in [-0.2, -0.15) is 0 Å². The molecule has 0 aliphatic rings. The predicted molar refractivity (Wildman–Crippen MR) is 157 cm³/mol. The monoisotopic (exact) mass is 477 g/mol. The SMILES string of the molecule is [3H]c1ccc(-c2ccc(N(c3ccc(-c4ccccc4)cc3)c3ccc(-c4ccc([3H])cc4)cc3)cc2)cc1. The lowest BCUT2D eigenvalue weighted by atomic mass is 10.0. The van der Waals surface area contributed by atoms with E-state index in [-0.39, 0.29) is 0 Å². The van der Waals surface area contributed by atoms with Crippen LogP contribution in [0.3, 0.4) is 0 Å². The van der Waals surface area contributed by atoms with Gasteiger partial charge >= 0.3 is 0 Å². The Hall–Kier alpha value is -4.88. The Morgan fingerprint density at radius 3 is 0.892 bits per heavy atom. The summed E-state index contributed by atoms with van der Waals surface area (Å²) < 4.78 is 15.5. The summed E-state index contributed by atoms with van der Waals surface area (Å²) >= 11 is 0. The Morgan fingerprint density at radius 1 is 0.297 bits per heavy atom. The van der Waals surface area contributed by atoms with Crippen molar-refractivity contribution in [1.29, 1.82) is 0 Å². The third kappa shape index (κ3) is 4.94. The summed E-state index contributed by atoms with van der Waals surface area (Å²) in [6, 6.07) is 52.5. The van der Waals surface area contributed by atoms with Crippen LogP contribution in [0.1, 0.15) is 2.74 Å². The molecular weight excluding hydrogens is 446 g/mol. The zero-order valence-electron chi connectivity index (χ0n) is 22.4. The highest BCUT2D eigenvalue weighted by Gasteiger charge is 2.13. The minimum atomic E-state index is 0.513. The van der Waals surface area contributed by atoms with Gasteiger partial charge in [-0.15, -0.1) is 0 Å². The summed E-state index contributed by atoms with van der Waals surface area (Å²) in [6.45, 7) is 0. The van der Waals surface area contributed by atoms with E-state index in [1.807, 2.05) is 54.6 Å². The number of benzene rings is 6. The standard InChI is InChI=1S/C36H27N/c1-4-10-28(11-5-1)31-16-22-34(23-17-31)37(35-24-18-32(19-25-35)29-12-6-2-7-13-29)36-26-20-33(21-27-36)30-14-8-3-9-15-30/h1-27H/i1T,2T. The predicted octanol–water partition coefficient (Wildman–Crippen LogP) is 10.2. The first-order valence-corrected chi connectivity index (χ1v) is 12.4. The Balaban J connectivity index is 1.37. The van der Waals surface area contributed by atoms with Crippen molar-refractivity contribution in [3.05, 3.63) is 164 Å². The maximum absolute atomic E-state index is 7.77. The van der Waals surface area contributed by atoms with E-state index in [4.69, 9.17) is 2.74 Å². The Kier molecular flexibility index (Phi) is 5.71. The first-order valence-electron chi connectivity index (χ1n) is 13.4. The third-order valence-electron chi connectivity index (χ3n) is 6.59. The van der Waals surface area contributed by atoms with Crippen molar-refractivity contribution in [3.63, 3.8) is 0 Å². The summed E-state index contributed by atoms with van der Waals surface area (Å²) in [7, 11) is 0. The van der Waals surface area contributed by atoms with Gasteiger partial charge in [0.2, 0.25) is 0 Å². The van der Waals surface area contributed by atoms with Gasteiger partial charge in [0.1, 0.15) is 0 Å². The van der Waals surface area contributed by atoms with E-state index in [1.54, 1.807) is 0 Å². The molecule has 37 heavy (non-hydrogen) atoms. The molecule has 0 N–H and O–H groups in total. The molecular formula is C36H27N. The minimum Gasteiger partial charge on any atom is -0.311 e. The molecule has 176 valence electrons. The van der Waals surface area contributed by atoms with Crippen molar-refractivity contribution in [1.82, 2.24) is 0 Å². The van der Waals surface area contributed by atoms with Crippen LogP contribution in [0.4, 0.5) is 17.1 Å². The van der Waals surface area contributed by atoms with Crippen LogP contribution in [0.2, 0.25) is 0 Å². The topological polar surface area (TPSA) is 3.24 Å². The first kappa shape index (κ1) is 20.3. The summed E-state index contributed by atoms with van der Waals surface area (Å²) in [4.78, 5) is 2.27. The van der Waals surface area contributed by atoms with Gasteiger partial charge in [-0.25, -0.2) is 0 Å². The summed E-state index contributed by atoms with van der Waals surface area (Å²) in [6.07, 6.45) is 0. The highest BCUT2D eigenvalue weighted by atomic mass is 15.1. The zero-order valence-corrected chi connectivity index (χ0v) is 20.4. The third-order valence-corrected chi connectivity index (χ3v) is 6.59. The molecule has 0 aromatic heterocycles. The molecule has 1 nitrogen and oxygen atoms in total. The molecule has 0 unspecified atom stereocenters. The lowest BCUT2D eigenvalue weighted by Gasteiger charge is -2.26. The van der Waals surface area contributed by atoms with Crippen LogP contribution < -0.4 is 4.90 Å². The minimum absolute atomic E-state index is 0.513. The van der Waals surface area contributed by atoms with Crippen LogP contribution in [-0.4, -0.2) is 0 Å². The van der Waals surface area contributed by atoms with Crippen molar-refractivity contribution >= 4 is 17.1 Å². The van der Waals surface area contributed by atoms with Crippen LogP contribution in [-0.2, 0) is 0 Å². The fraction of sp³-hybridized carbons (Fsp3) is 0. The number of anilines is 3. The second-order valence-electron chi connectivity index (χ2n) is 8.92. The van der Waals surface area contributed by atoms with Gasteiger partial charge in [-0.05, 0) is 69.8 Å². The first-order chi connectivity index (χ1) is 19.1. The fourth-order valence-electron chi connectivity index (χ4n) is 4.65. The molecule has 6 rings (SSSR count). The molecule has 0 aliphatic carbocycles. The van der Waals surface area contributed by atoms with Crippen molar-refractivity contribution in [2.24, 2.45) is 0 Å². The number of rotatable bonds is 6. The van der Waals surface area contributed by atoms with Gasteiger partial charge in [0.15, 0.2) is 0 Å². The van der Waals surface area contributed by atoms with E-state index < -0.39 is 0 Å². The molecule has 0 radical (unpaired) electrons. The Labute approximate surface area is 221 Å². The van der Waals surface area contributed by atoms with Crippen LogP contribution >= 0.6 is 0 Å². The summed E-state index contributed by atoms with van der Waals surface area (Å²) in [5, 5.41) is 0. The number of nitrogens with zero attached hydrogens (tertiary/aromatic N) is 1. The molecule has 0 saturated carbocycles. The molecule has 0 aliphatic heterocycles. The highest BCUT2D eigenvalue weighted by molar-refractivity contribution is 5.81. The van der Waals surface area contributed by atoms with Crippen molar-refractivity contribution in [2.45, 2.75) is 0 Å². The van der Waals surface area contributed by atoms with E-state index in [0.717, 1.165) is 39.3 Å². The number of hydrogen-bond acceptors (Lipinski definition) is 1. The smallest absolute Gasteiger partial charge is 0.0623 e. The van der Waals surface area contributed by atoms with E-state index in [0.29, 0.717) is 12.1 Å². The molecule has 0 bridgehead atoms. The van der Waals surface area contributed by atoms with E-state index in [9.17, 15) is 0 Å². The van der Waals surface area contributed by atoms with Gasteiger partial charge in [0, 0.05) is 17.1 Å². The summed E-state index contributed by atoms with van der Waals surface area (Å²) in [5.74, 6) is 0. The quantitative estimate of drug-likeness (QED) is 0.231. The Bertz CT molecular complexity index is 1570. The lowest BCUT2D eigenvalue weighted by molar-refractivity contribution is 1.28. The highest BCUT2D eigenvalue weighted by Crippen LogP contribution is 2.37. The van der Waals surface area contributed by atoms with Crippen molar-refractivity contribution in [2.75, 3.05) is 4.90 Å². The van der Waals surface area contributed by atoms with Gasteiger partial charge in [-0.1, -0.05) is 127 Å². The molecule has 0 amide bonds. The van der Waals surface area contributed by atoms with Crippen LogP contribution in [0.5, 0.6) is 0 Å². The van der Waals surface area contributed by atoms with Crippen LogP contribution in [0, 0.1) is 0 Å². The molecule has 0 atom stereocenters. The summed E-state index contributed by atoms with van der Waals surface area (Å²) in [5.41, 5.74) is 10.0. The second kappa shape index (κ2) is 10.4. The van der Waals surface area contributed by atoms with E-state index in [1.165, 1.54) is 11.1 Å². The second-order valence-corrected chi connectivity index (χ2v) is 8.92. The maximum atomic E-state index is 7.77. The lowest BCUT2D eigenvalue weighted by Crippen LogP contribution is -2.09. The van der Waals surface area contributed by atoms with Gasteiger partial charge in [0.05, 0.1) is 2.74 Å². The maximum Gasteiger partial charge on any atom is 0.0623 e. The Morgan fingerprint density at radius 2 is 0.568 bits per heavy atom. The zero-order chi connectivity index (χ0) is 26.6. The molecule has 0 heterocycles. The molecule has 0 fully saturated rings. The molecule has 0 saturated heterocycles. The van der Waals surface area contributed by atoms with Gasteiger partial charge in [0.25, 0.3) is 0 Å². The molecule has 1 heteroatoms. The van der Waals surface area contributed by atoms with Crippen molar-refractivity contribution in [3.8, 4) is 33.4 Å². The van der Waals surface area contributed by atoms with E-state index >= 15 is 0 Å². The number of hydrogen-bond donors (Lipinski definition) is 0. The van der Waals surface area contributed by atoms with Gasteiger partial charge < -0.3 is 4.90 Å². The average molecular weight is 478 g/mol. The largest absolute Gasteiger partial charge is 0.311 e. The van der Waals surface area contributed by atoms with E-state index in [2.05, 4.69) is 102 Å². The van der Waals surface area contributed by atoms with Crippen LogP contribution in [0.25, 0.3) is 33.4 Å². The molecule has 6 aromatic carbocycles. The normalized spacial score (nSPS) is 11.5. The molecule has 0 spiro atoms. The molecule has 6 aromatic rings. The van der Waals surface area contributed by atoms with Crippen molar-refractivity contribution < 1.29 is 2.74 Å². The average Bonchev–Trinajstić information content (AvgIpc) is 3.00. The fourth-order valence-corrected chi connectivity index (χ4v) is 4.65. The van der Waals surface area contributed by atoms with Gasteiger partial charge in [-0.3, -0.25) is 0 Å². The van der Waals surface area contributed by atoms with Crippen LogP contribution in [0.15, 0.2) is 164 Å².